The van der Waals surface area contributed by atoms with Crippen molar-refractivity contribution in [3.05, 3.63) is 27.3 Å². The maximum Gasteiger partial charge on any atom is 0.432 e. The molecule has 1 N–H and O–H groups in total. The first-order valence-electron chi connectivity index (χ1n) is 8.18. The summed E-state index contributed by atoms with van der Waals surface area (Å²) in [4.78, 5) is 12.1. The van der Waals surface area contributed by atoms with Crippen LogP contribution in [0.2, 0.25) is 0 Å². The van der Waals surface area contributed by atoms with E-state index in [4.69, 9.17) is 9.29 Å². The van der Waals surface area contributed by atoms with Crippen LogP contribution in [0.3, 0.4) is 0 Å². The summed E-state index contributed by atoms with van der Waals surface area (Å²) in [6, 6.07) is 3.37. The predicted molar refractivity (Wildman–Crippen MR) is 98.4 cm³/mol. The van der Waals surface area contributed by atoms with Gasteiger partial charge in [0.2, 0.25) is 0 Å². The number of esters is 1. The first kappa shape index (κ1) is 24.1. The largest absolute Gasteiger partial charge is 0.486 e. The summed E-state index contributed by atoms with van der Waals surface area (Å²) in [6.45, 7) is 1.83. The van der Waals surface area contributed by atoms with E-state index < -0.39 is 44.8 Å². The number of hydrogen-bond acceptors (Lipinski definition) is 5. The van der Waals surface area contributed by atoms with Crippen LogP contribution in [0, 0.1) is 3.57 Å². The molecular weight excluding hydrogens is 542 g/mol. The highest BCUT2D eigenvalue weighted by molar-refractivity contribution is 14.1. The Kier molecular flexibility index (Phi) is 6.75. The van der Waals surface area contributed by atoms with Gasteiger partial charge in [0.05, 0.1) is 9.13 Å². The average molecular weight is 558 g/mol. The van der Waals surface area contributed by atoms with Gasteiger partial charge < -0.3 is 9.47 Å². The van der Waals surface area contributed by atoms with Crippen LogP contribution >= 0.6 is 22.6 Å². The van der Waals surface area contributed by atoms with E-state index in [0.717, 1.165) is 25.0 Å². The van der Waals surface area contributed by atoms with E-state index in [2.05, 4.69) is 4.74 Å². The van der Waals surface area contributed by atoms with Gasteiger partial charge in [0.15, 0.2) is 0 Å². The fourth-order valence-corrected chi connectivity index (χ4v) is 3.73. The number of hydrogen-bond donors (Lipinski definition) is 1. The van der Waals surface area contributed by atoms with Crippen molar-refractivity contribution in [3.63, 3.8) is 0 Å². The van der Waals surface area contributed by atoms with E-state index in [1.54, 1.807) is 0 Å². The average Bonchev–Trinajstić information content (AvgIpc) is 2.98. The quantitative estimate of drug-likeness (QED) is 0.238. The SMILES string of the molecule is CC1(Oc2cc(C(=O)OC(C(F)(F)F)C(F)(F)S(=O)(=O)O)ccc2I)CCCC1. The molecule has 0 aromatic heterocycles. The monoisotopic (exact) mass is 558 g/mol. The third-order valence-electron chi connectivity index (χ3n) is 4.36. The molecule has 1 atom stereocenters. The third-order valence-corrected chi connectivity index (χ3v) is 6.15. The van der Waals surface area contributed by atoms with Crippen LogP contribution in [-0.2, 0) is 14.9 Å². The molecule has 1 saturated carbocycles. The lowest BCUT2D eigenvalue weighted by Gasteiger charge is -2.27. The lowest BCUT2D eigenvalue weighted by atomic mass is 10.1. The van der Waals surface area contributed by atoms with Crippen molar-refractivity contribution in [1.29, 1.82) is 0 Å². The highest BCUT2D eigenvalue weighted by Gasteiger charge is 2.66. The minimum Gasteiger partial charge on any atom is -0.486 e. The molecule has 1 aliphatic carbocycles. The van der Waals surface area contributed by atoms with E-state index >= 15 is 0 Å². The second-order valence-corrected chi connectivity index (χ2v) is 9.42. The Hall–Kier alpha value is -1.22. The van der Waals surface area contributed by atoms with Gasteiger partial charge in [-0.3, -0.25) is 4.55 Å². The highest BCUT2D eigenvalue weighted by atomic mass is 127. The molecule has 1 aromatic carbocycles. The van der Waals surface area contributed by atoms with Gasteiger partial charge in [-0.15, -0.1) is 0 Å². The van der Waals surface area contributed by atoms with Crippen LogP contribution in [0.5, 0.6) is 5.75 Å². The Morgan fingerprint density at radius 3 is 2.24 bits per heavy atom. The van der Waals surface area contributed by atoms with E-state index in [0.29, 0.717) is 16.4 Å². The molecule has 0 heterocycles. The first-order chi connectivity index (χ1) is 13.1. The van der Waals surface area contributed by atoms with Crippen molar-refractivity contribution < 1.29 is 49.2 Å². The summed E-state index contributed by atoms with van der Waals surface area (Å²) < 4.78 is 106. The molecule has 1 aromatic rings. The fraction of sp³-hybridized carbons (Fsp3) is 0.562. The van der Waals surface area contributed by atoms with Gasteiger partial charge in [0, 0.05) is 0 Å². The van der Waals surface area contributed by atoms with Crippen LogP contribution in [0.1, 0.15) is 43.0 Å². The lowest BCUT2D eigenvalue weighted by molar-refractivity contribution is -0.248. The second kappa shape index (κ2) is 8.13. The van der Waals surface area contributed by atoms with Gasteiger partial charge in [-0.25, -0.2) is 4.79 Å². The summed E-state index contributed by atoms with van der Waals surface area (Å²) in [6.07, 6.45) is -7.11. The first-order valence-corrected chi connectivity index (χ1v) is 10.7. The number of rotatable bonds is 6. The standard InChI is InChI=1S/C16H16F5IO6S/c1-14(6-2-3-7-14)28-11-8-9(4-5-10(11)22)12(23)27-13(15(17,18)19)16(20,21)29(24,25)26/h4-5,8,13H,2-3,6-7H2,1H3,(H,24,25,26). The molecule has 2 rings (SSSR count). The molecule has 29 heavy (non-hydrogen) atoms. The number of halogens is 6. The second-order valence-electron chi connectivity index (χ2n) is 6.77. The molecule has 0 saturated heterocycles. The van der Waals surface area contributed by atoms with Crippen LogP contribution in [0.15, 0.2) is 18.2 Å². The van der Waals surface area contributed by atoms with Gasteiger partial charge in [0.1, 0.15) is 11.4 Å². The zero-order valence-corrected chi connectivity index (χ0v) is 17.8. The van der Waals surface area contributed by atoms with Crippen LogP contribution < -0.4 is 4.74 Å². The number of carbonyl (C=O) groups is 1. The van der Waals surface area contributed by atoms with E-state index in [9.17, 15) is 35.2 Å². The fourth-order valence-electron chi connectivity index (χ4n) is 2.84. The van der Waals surface area contributed by atoms with Crippen molar-refractivity contribution in [3.8, 4) is 5.75 Å². The van der Waals surface area contributed by atoms with Crippen LogP contribution in [0.4, 0.5) is 22.0 Å². The van der Waals surface area contributed by atoms with Gasteiger partial charge >= 0.3 is 27.5 Å². The van der Waals surface area contributed by atoms with Crippen molar-refractivity contribution >= 4 is 38.7 Å². The Morgan fingerprint density at radius 2 is 1.76 bits per heavy atom. The van der Waals surface area contributed by atoms with Crippen LogP contribution in [0.25, 0.3) is 0 Å². The van der Waals surface area contributed by atoms with Crippen molar-refractivity contribution in [2.45, 2.75) is 55.7 Å². The predicted octanol–water partition coefficient (Wildman–Crippen LogP) is 4.57. The van der Waals surface area contributed by atoms with Crippen LogP contribution in [-0.4, -0.2) is 42.1 Å². The zero-order chi connectivity index (χ0) is 22.3. The Labute approximate surface area is 176 Å². The molecule has 0 bridgehead atoms. The molecule has 1 fully saturated rings. The molecule has 0 spiro atoms. The normalized spacial score (nSPS) is 18.3. The summed E-state index contributed by atoms with van der Waals surface area (Å²) in [5, 5.41) is -5.79. The molecule has 1 unspecified atom stereocenters. The van der Waals surface area contributed by atoms with Gasteiger partial charge in [0.25, 0.3) is 6.10 Å². The summed E-state index contributed by atoms with van der Waals surface area (Å²) in [5.74, 6) is -1.71. The van der Waals surface area contributed by atoms with Crippen molar-refractivity contribution in [2.75, 3.05) is 0 Å². The van der Waals surface area contributed by atoms with Gasteiger partial charge in [-0.05, 0) is 73.4 Å². The molecular formula is C16H16F5IO6S. The number of benzene rings is 1. The molecule has 0 radical (unpaired) electrons. The summed E-state index contributed by atoms with van der Waals surface area (Å²) >= 11 is 1.87. The molecule has 164 valence electrons. The minimum absolute atomic E-state index is 0.148. The van der Waals surface area contributed by atoms with Gasteiger partial charge in [-0.1, -0.05) is 0 Å². The van der Waals surface area contributed by atoms with Gasteiger partial charge in [-0.2, -0.15) is 30.4 Å². The number of carbonyl (C=O) groups excluding carboxylic acids is 1. The summed E-state index contributed by atoms with van der Waals surface area (Å²) in [7, 11) is -6.51. The van der Waals surface area contributed by atoms with Crippen molar-refractivity contribution in [1.82, 2.24) is 0 Å². The Morgan fingerprint density at radius 1 is 1.21 bits per heavy atom. The topological polar surface area (TPSA) is 89.9 Å². The number of alkyl halides is 5. The molecule has 0 aliphatic heterocycles. The smallest absolute Gasteiger partial charge is 0.432 e. The Balaban J connectivity index is 2.32. The molecule has 0 amide bonds. The summed E-state index contributed by atoms with van der Waals surface area (Å²) in [5.41, 5.74) is -1.10. The third kappa shape index (κ3) is 5.48. The molecule has 13 heteroatoms. The lowest BCUT2D eigenvalue weighted by Crippen LogP contribution is -2.52. The maximum atomic E-state index is 13.6. The number of ether oxygens (including phenoxy) is 2. The highest BCUT2D eigenvalue weighted by Crippen LogP contribution is 2.39. The zero-order valence-electron chi connectivity index (χ0n) is 14.8. The van der Waals surface area contributed by atoms with E-state index in [1.807, 2.05) is 29.5 Å². The minimum atomic E-state index is -6.51. The van der Waals surface area contributed by atoms with Crippen molar-refractivity contribution in [2.24, 2.45) is 0 Å². The van der Waals surface area contributed by atoms with E-state index in [1.165, 1.54) is 6.07 Å². The van der Waals surface area contributed by atoms with E-state index in [-0.39, 0.29) is 5.75 Å². The molecule has 6 nitrogen and oxygen atoms in total. The maximum absolute atomic E-state index is 13.6. The molecule has 1 aliphatic rings. The Bertz CT molecular complexity index is 880.